The van der Waals surface area contributed by atoms with E-state index < -0.39 is 0 Å². The fourth-order valence-electron chi connectivity index (χ4n) is 0.914. The lowest BCUT2D eigenvalue weighted by molar-refractivity contribution is 1.05. The summed E-state index contributed by atoms with van der Waals surface area (Å²) in [6.07, 6.45) is 0. The highest BCUT2D eigenvalue weighted by atomic mass is 32.1. The summed E-state index contributed by atoms with van der Waals surface area (Å²) in [4.78, 5) is 13.2. The molecule has 0 aromatic carbocycles. The molecule has 0 aliphatic carbocycles. The van der Waals surface area contributed by atoms with Gasteiger partial charge in [0.1, 0.15) is 0 Å². The van der Waals surface area contributed by atoms with E-state index in [-0.39, 0.29) is 5.69 Å². The predicted molar refractivity (Wildman–Crippen MR) is 46.9 cm³/mol. The van der Waals surface area contributed by atoms with E-state index in [4.69, 9.17) is 5.73 Å². The van der Waals surface area contributed by atoms with Gasteiger partial charge >= 0.3 is 5.69 Å². The van der Waals surface area contributed by atoms with Crippen LogP contribution in [0.1, 0.15) is 0 Å². The molecule has 0 aliphatic rings. The van der Waals surface area contributed by atoms with Crippen LogP contribution in [0.15, 0.2) is 16.2 Å². The van der Waals surface area contributed by atoms with Crippen LogP contribution in [0, 0.1) is 0 Å². The molecule has 0 spiro atoms. The first kappa shape index (κ1) is 7.11. The first-order chi connectivity index (χ1) is 5.77. The summed E-state index contributed by atoms with van der Waals surface area (Å²) in [5.74, 6) is 0.485. The smallest absolute Gasteiger partial charge is 0.340 e. The summed E-state index contributed by atoms with van der Waals surface area (Å²) in [5, 5.41) is 8.52. The van der Waals surface area contributed by atoms with E-state index in [0.717, 1.165) is 5.56 Å². The number of anilines is 1. The lowest BCUT2D eigenvalue weighted by atomic mass is 10.3. The normalized spacial score (nSPS) is 10.3. The number of H-pyrrole nitrogens is 2. The molecule has 0 aliphatic heterocycles. The second kappa shape index (κ2) is 2.49. The van der Waals surface area contributed by atoms with Crippen LogP contribution in [0.5, 0.6) is 0 Å². The van der Waals surface area contributed by atoms with Crippen molar-refractivity contribution in [3.63, 3.8) is 0 Å². The first-order valence-corrected chi connectivity index (χ1v) is 4.13. The van der Waals surface area contributed by atoms with Crippen molar-refractivity contribution in [3.05, 3.63) is 21.9 Å². The van der Waals surface area contributed by atoms with Gasteiger partial charge in [0, 0.05) is 0 Å². The Kier molecular flexibility index (Phi) is 1.47. The number of hydrogen-bond acceptors (Lipinski definition) is 4. The molecule has 5 nitrogen and oxygen atoms in total. The molecule has 2 rings (SSSR count). The van der Waals surface area contributed by atoms with Crippen LogP contribution in [0.4, 0.5) is 5.00 Å². The monoisotopic (exact) mass is 182 g/mol. The fraction of sp³-hybridized carbons (Fsp3) is 0. The number of nitrogens with one attached hydrogen (secondary N) is 2. The molecule has 12 heavy (non-hydrogen) atoms. The summed E-state index contributed by atoms with van der Waals surface area (Å²) in [6, 6.07) is 1.81. The van der Waals surface area contributed by atoms with Gasteiger partial charge in [-0.2, -0.15) is 5.10 Å². The standard InChI is InChI=1S/C6H6N4OS/c7-4-3(1-2-12-4)5-8-6(11)10-9-5/h1-2H,7H2,(H2,8,9,10,11). The molecule has 0 fully saturated rings. The largest absolute Gasteiger partial charge is 0.390 e. The van der Waals surface area contributed by atoms with Gasteiger partial charge in [-0.1, -0.05) is 0 Å². The van der Waals surface area contributed by atoms with Gasteiger partial charge in [-0.3, -0.25) is 4.98 Å². The van der Waals surface area contributed by atoms with Gasteiger partial charge in [0.2, 0.25) is 0 Å². The van der Waals surface area contributed by atoms with Crippen LogP contribution in [0.3, 0.4) is 0 Å². The minimum Gasteiger partial charge on any atom is -0.390 e. The lowest BCUT2D eigenvalue weighted by Crippen LogP contribution is -2.00. The molecule has 4 N–H and O–H groups in total. The average Bonchev–Trinajstić information content (AvgIpc) is 2.58. The zero-order valence-electron chi connectivity index (χ0n) is 6.00. The number of aromatic amines is 2. The molecule has 2 aromatic rings. The van der Waals surface area contributed by atoms with E-state index in [0.29, 0.717) is 10.8 Å². The Morgan fingerprint density at radius 3 is 2.92 bits per heavy atom. The summed E-state index contributed by atoms with van der Waals surface area (Å²) in [5.41, 5.74) is 6.06. The zero-order chi connectivity index (χ0) is 8.55. The van der Waals surface area contributed by atoms with E-state index in [2.05, 4.69) is 15.2 Å². The molecule has 0 saturated carbocycles. The zero-order valence-corrected chi connectivity index (χ0v) is 6.81. The lowest BCUT2D eigenvalue weighted by Gasteiger charge is -1.90. The Morgan fingerprint density at radius 1 is 1.58 bits per heavy atom. The molecular weight excluding hydrogens is 176 g/mol. The molecule has 6 heteroatoms. The van der Waals surface area contributed by atoms with Gasteiger partial charge in [0.05, 0.1) is 10.6 Å². The van der Waals surface area contributed by atoms with Crippen LogP contribution >= 0.6 is 11.3 Å². The number of nitrogens with zero attached hydrogens (tertiary/aromatic N) is 1. The molecule has 0 amide bonds. The number of nitrogen functional groups attached to an aromatic ring is 1. The van der Waals surface area contributed by atoms with Gasteiger partial charge in [0.25, 0.3) is 0 Å². The highest BCUT2D eigenvalue weighted by Crippen LogP contribution is 2.26. The first-order valence-electron chi connectivity index (χ1n) is 3.25. The third-order valence-electron chi connectivity index (χ3n) is 1.45. The Morgan fingerprint density at radius 2 is 2.42 bits per heavy atom. The summed E-state index contributed by atoms with van der Waals surface area (Å²) in [7, 11) is 0. The van der Waals surface area contributed by atoms with Gasteiger partial charge in [-0.25, -0.2) is 9.89 Å². The average molecular weight is 182 g/mol. The van der Waals surface area contributed by atoms with E-state index in [1.807, 2.05) is 11.4 Å². The molecule has 0 atom stereocenters. The number of aromatic nitrogens is 3. The van der Waals surface area contributed by atoms with Crippen molar-refractivity contribution in [1.82, 2.24) is 15.2 Å². The maximum absolute atomic E-state index is 10.7. The second-order valence-electron chi connectivity index (χ2n) is 2.22. The summed E-state index contributed by atoms with van der Waals surface area (Å²) in [6.45, 7) is 0. The number of nitrogens with two attached hydrogens (primary N) is 1. The van der Waals surface area contributed by atoms with Crippen molar-refractivity contribution in [2.75, 3.05) is 5.73 Å². The Balaban J connectivity index is 2.57. The van der Waals surface area contributed by atoms with Gasteiger partial charge < -0.3 is 5.73 Å². The second-order valence-corrected chi connectivity index (χ2v) is 3.17. The van der Waals surface area contributed by atoms with Gasteiger partial charge in [-0.15, -0.1) is 11.3 Å². The van der Waals surface area contributed by atoms with E-state index >= 15 is 0 Å². The van der Waals surface area contributed by atoms with Crippen molar-refractivity contribution in [1.29, 1.82) is 0 Å². The third-order valence-corrected chi connectivity index (χ3v) is 2.20. The van der Waals surface area contributed by atoms with Crippen LogP contribution in [-0.2, 0) is 0 Å². The molecule has 0 radical (unpaired) electrons. The summed E-state index contributed by atoms with van der Waals surface area (Å²) >= 11 is 1.41. The fourth-order valence-corrected chi connectivity index (χ4v) is 1.56. The van der Waals surface area contributed by atoms with Crippen molar-refractivity contribution in [2.45, 2.75) is 0 Å². The van der Waals surface area contributed by atoms with E-state index in [1.165, 1.54) is 11.3 Å². The van der Waals surface area contributed by atoms with Crippen molar-refractivity contribution in [2.24, 2.45) is 0 Å². The highest BCUT2D eigenvalue weighted by Gasteiger charge is 2.06. The molecular formula is C6H6N4OS. The van der Waals surface area contributed by atoms with Crippen LogP contribution in [0.2, 0.25) is 0 Å². The molecule has 2 aromatic heterocycles. The maximum atomic E-state index is 10.7. The SMILES string of the molecule is Nc1sccc1-c1n[nH]c(=O)[nH]1. The molecule has 0 unspecified atom stereocenters. The van der Waals surface area contributed by atoms with E-state index in [9.17, 15) is 4.79 Å². The minimum atomic E-state index is -0.324. The number of rotatable bonds is 1. The number of hydrogen-bond donors (Lipinski definition) is 3. The molecule has 0 bridgehead atoms. The van der Waals surface area contributed by atoms with Crippen molar-refractivity contribution >= 4 is 16.3 Å². The number of thiophene rings is 1. The van der Waals surface area contributed by atoms with E-state index in [1.54, 1.807) is 0 Å². The summed E-state index contributed by atoms with van der Waals surface area (Å²) < 4.78 is 0. The van der Waals surface area contributed by atoms with Crippen molar-refractivity contribution in [3.8, 4) is 11.4 Å². The maximum Gasteiger partial charge on any atom is 0.340 e. The van der Waals surface area contributed by atoms with Crippen molar-refractivity contribution < 1.29 is 0 Å². The van der Waals surface area contributed by atoms with Gasteiger partial charge in [-0.05, 0) is 11.4 Å². The van der Waals surface area contributed by atoms with Crippen LogP contribution in [0.25, 0.3) is 11.4 Å². The molecule has 2 heterocycles. The van der Waals surface area contributed by atoms with Crippen LogP contribution in [-0.4, -0.2) is 15.2 Å². The van der Waals surface area contributed by atoms with Gasteiger partial charge in [0.15, 0.2) is 5.82 Å². The highest BCUT2D eigenvalue weighted by molar-refractivity contribution is 7.14. The molecule has 62 valence electrons. The Hall–Kier alpha value is -1.56. The minimum absolute atomic E-state index is 0.324. The Labute approximate surface area is 71.2 Å². The topological polar surface area (TPSA) is 87.6 Å². The quantitative estimate of drug-likeness (QED) is 0.596. The predicted octanol–water partition coefficient (Wildman–Crippen LogP) is 0.409. The Bertz CT molecular complexity index is 440. The molecule has 0 saturated heterocycles. The third kappa shape index (κ3) is 1.02. The van der Waals surface area contributed by atoms with Crippen LogP contribution < -0.4 is 11.4 Å².